The molecule has 3 atom stereocenters. The van der Waals surface area contributed by atoms with Crippen LogP contribution in [0, 0.1) is 5.92 Å². The summed E-state index contributed by atoms with van der Waals surface area (Å²) >= 11 is 0. The van der Waals surface area contributed by atoms with Crippen molar-refractivity contribution in [3.8, 4) is 0 Å². The van der Waals surface area contributed by atoms with Crippen LogP contribution in [0.15, 0.2) is 0 Å². The van der Waals surface area contributed by atoms with E-state index in [9.17, 15) is 4.39 Å². The molecule has 0 aliphatic carbocycles. The van der Waals surface area contributed by atoms with E-state index in [1.165, 1.54) is 12.8 Å². The van der Waals surface area contributed by atoms with Crippen molar-refractivity contribution in [2.24, 2.45) is 5.92 Å². The topological polar surface area (TPSA) is 12.0 Å². The van der Waals surface area contributed by atoms with Gasteiger partial charge in [0.05, 0.1) is 0 Å². The minimum Gasteiger partial charge on any atom is -0.311 e. The van der Waals surface area contributed by atoms with Crippen LogP contribution in [0.25, 0.3) is 0 Å². The summed E-state index contributed by atoms with van der Waals surface area (Å²) in [7, 11) is 0. The monoisotopic (exact) mass is 185 g/mol. The summed E-state index contributed by atoms with van der Waals surface area (Å²) in [5.74, 6) is 0.234. The maximum Gasteiger partial charge on any atom is 0.116 e. The average molecular weight is 185 g/mol. The van der Waals surface area contributed by atoms with Gasteiger partial charge in [0.2, 0.25) is 0 Å². The highest BCUT2D eigenvalue weighted by Gasteiger charge is 2.46. The molecule has 0 radical (unpaired) electrons. The maximum atomic E-state index is 14.5. The minimum atomic E-state index is -0.869. The molecule has 2 aliphatic heterocycles. The van der Waals surface area contributed by atoms with E-state index in [1.807, 2.05) is 0 Å². The van der Waals surface area contributed by atoms with E-state index in [4.69, 9.17) is 0 Å². The van der Waals surface area contributed by atoms with Crippen molar-refractivity contribution in [3.05, 3.63) is 0 Å². The quantitative estimate of drug-likeness (QED) is 0.697. The van der Waals surface area contributed by atoms with Gasteiger partial charge in [-0.05, 0) is 31.6 Å². The third-order valence-corrected chi connectivity index (χ3v) is 4.00. The Morgan fingerprint density at radius 3 is 2.38 bits per heavy atom. The molecular weight excluding hydrogens is 165 g/mol. The van der Waals surface area contributed by atoms with Crippen LogP contribution in [-0.2, 0) is 0 Å². The highest BCUT2D eigenvalue weighted by molar-refractivity contribution is 5.01. The van der Waals surface area contributed by atoms with Crippen LogP contribution in [0.3, 0.4) is 0 Å². The molecule has 2 rings (SSSR count). The summed E-state index contributed by atoms with van der Waals surface area (Å²) in [5, 5.41) is 3.48. The first-order chi connectivity index (χ1) is 6.14. The SMILES string of the molecule is CCC(C)C1(F)CC2CCC(C1)N2. The summed E-state index contributed by atoms with van der Waals surface area (Å²) in [6.45, 7) is 4.15. The molecule has 2 heterocycles. The summed E-state index contributed by atoms with van der Waals surface area (Å²) in [6.07, 6.45) is 4.84. The number of fused-ring (bicyclic) bond motifs is 2. The van der Waals surface area contributed by atoms with Gasteiger partial charge in [-0.3, -0.25) is 0 Å². The zero-order valence-corrected chi connectivity index (χ0v) is 8.65. The fourth-order valence-electron chi connectivity index (χ4n) is 2.90. The van der Waals surface area contributed by atoms with Crippen LogP contribution in [0.2, 0.25) is 0 Å². The number of hydrogen-bond donors (Lipinski definition) is 1. The van der Waals surface area contributed by atoms with Gasteiger partial charge in [0.15, 0.2) is 0 Å². The number of hydrogen-bond acceptors (Lipinski definition) is 1. The van der Waals surface area contributed by atoms with Crippen molar-refractivity contribution in [1.82, 2.24) is 5.32 Å². The molecule has 0 amide bonds. The molecule has 2 saturated heterocycles. The van der Waals surface area contributed by atoms with E-state index in [1.54, 1.807) is 0 Å². The van der Waals surface area contributed by atoms with Gasteiger partial charge in [-0.15, -0.1) is 0 Å². The molecule has 3 unspecified atom stereocenters. The van der Waals surface area contributed by atoms with Crippen molar-refractivity contribution >= 4 is 0 Å². The molecule has 0 aromatic carbocycles. The van der Waals surface area contributed by atoms with E-state index >= 15 is 0 Å². The molecule has 1 N–H and O–H groups in total. The molecule has 0 saturated carbocycles. The Labute approximate surface area is 80.1 Å². The van der Waals surface area contributed by atoms with Gasteiger partial charge < -0.3 is 5.32 Å². The Kier molecular flexibility index (Phi) is 2.35. The molecule has 0 aromatic heterocycles. The first kappa shape index (κ1) is 9.45. The predicted octanol–water partition coefficient (Wildman–Crippen LogP) is 2.66. The second-order valence-electron chi connectivity index (χ2n) is 4.89. The molecule has 2 heteroatoms. The van der Waals surface area contributed by atoms with Crippen LogP contribution in [0.1, 0.15) is 46.0 Å². The fraction of sp³-hybridized carbons (Fsp3) is 1.00. The van der Waals surface area contributed by atoms with Crippen molar-refractivity contribution < 1.29 is 4.39 Å². The predicted molar refractivity (Wildman–Crippen MR) is 52.5 cm³/mol. The van der Waals surface area contributed by atoms with Crippen molar-refractivity contribution in [2.45, 2.75) is 63.7 Å². The van der Waals surface area contributed by atoms with Crippen molar-refractivity contribution in [2.75, 3.05) is 0 Å². The van der Waals surface area contributed by atoms with Crippen LogP contribution in [0.4, 0.5) is 4.39 Å². The summed E-state index contributed by atoms with van der Waals surface area (Å²) < 4.78 is 14.5. The number of rotatable bonds is 2. The van der Waals surface area contributed by atoms with Gasteiger partial charge in [0.25, 0.3) is 0 Å². The van der Waals surface area contributed by atoms with Gasteiger partial charge in [0, 0.05) is 12.1 Å². The third kappa shape index (κ3) is 1.61. The number of piperidine rings is 1. The lowest BCUT2D eigenvalue weighted by Crippen LogP contribution is -2.49. The van der Waals surface area contributed by atoms with Crippen LogP contribution in [0.5, 0.6) is 0 Å². The van der Waals surface area contributed by atoms with E-state index < -0.39 is 5.67 Å². The normalized spacial score (nSPS) is 46.4. The molecule has 76 valence electrons. The van der Waals surface area contributed by atoms with Crippen molar-refractivity contribution in [3.63, 3.8) is 0 Å². The molecule has 0 spiro atoms. The smallest absolute Gasteiger partial charge is 0.116 e. The lowest BCUT2D eigenvalue weighted by Gasteiger charge is -2.38. The van der Waals surface area contributed by atoms with E-state index in [-0.39, 0.29) is 5.92 Å². The molecule has 2 aliphatic rings. The third-order valence-electron chi connectivity index (χ3n) is 4.00. The number of alkyl halides is 1. The Bertz CT molecular complexity index is 181. The first-order valence-electron chi connectivity index (χ1n) is 5.59. The van der Waals surface area contributed by atoms with Gasteiger partial charge in [-0.1, -0.05) is 20.3 Å². The number of nitrogens with one attached hydrogen (secondary N) is 1. The van der Waals surface area contributed by atoms with Gasteiger partial charge in [-0.25, -0.2) is 4.39 Å². The second-order valence-corrected chi connectivity index (χ2v) is 4.89. The largest absolute Gasteiger partial charge is 0.311 e. The Hall–Kier alpha value is -0.110. The molecule has 13 heavy (non-hydrogen) atoms. The zero-order valence-electron chi connectivity index (χ0n) is 8.65. The van der Waals surface area contributed by atoms with Crippen LogP contribution < -0.4 is 5.32 Å². The van der Waals surface area contributed by atoms with Crippen molar-refractivity contribution in [1.29, 1.82) is 0 Å². The second kappa shape index (κ2) is 3.23. The summed E-state index contributed by atoms with van der Waals surface area (Å²) in [4.78, 5) is 0. The number of halogens is 1. The molecule has 1 nitrogen and oxygen atoms in total. The Morgan fingerprint density at radius 1 is 1.38 bits per heavy atom. The molecular formula is C11H20FN. The van der Waals surface area contributed by atoms with Gasteiger partial charge in [-0.2, -0.15) is 0 Å². The standard InChI is InChI=1S/C11H20FN/c1-3-8(2)11(12)6-9-4-5-10(7-11)13-9/h8-10,13H,3-7H2,1-2H3. The first-order valence-corrected chi connectivity index (χ1v) is 5.59. The lowest BCUT2D eigenvalue weighted by molar-refractivity contribution is 0.0317. The highest BCUT2D eigenvalue weighted by atomic mass is 19.1. The maximum absolute atomic E-state index is 14.5. The lowest BCUT2D eigenvalue weighted by atomic mass is 9.78. The average Bonchev–Trinajstić information content (AvgIpc) is 2.44. The minimum absolute atomic E-state index is 0.234. The Morgan fingerprint density at radius 2 is 1.92 bits per heavy atom. The van der Waals surface area contributed by atoms with Crippen LogP contribution in [-0.4, -0.2) is 17.8 Å². The van der Waals surface area contributed by atoms with E-state index in [2.05, 4.69) is 19.2 Å². The molecule has 2 fully saturated rings. The van der Waals surface area contributed by atoms with E-state index in [0.717, 1.165) is 19.3 Å². The van der Waals surface area contributed by atoms with Gasteiger partial charge in [0.1, 0.15) is 5.67 Å². The highest BCUT2D eigenvalue weighted by Crippen LogP contribution is 2.42. The van der Waals surface area contributed by atoms with Crippen LogP contribution >= 0.6 is 0 Å². The van der Waals surface area contributed by atoms with Gasteiger partial charge >= 0.3 is 0 Å². The Balaban J connectivity index is 2.07. The summed E-state index contributed by atoms with van der Waals surface area (Å²) in [5.41, 5.74) is -0.869. The summed E-state index contributed by atoms with van der Waals surface area (Å²) in [6, 6.07) is 0.940. The fourth-order valence-corrected chi connectivity index (χ4v) is 2.90. The molecule has 0 aromatic rings. The molecule has 2 bridgehead atoms. The van der Waals surface area contributed by atoms with E-state index in [0.29, 0.717) is 12.1 Å². The zero-order chi connectivity index (χ0) is 9.47.